The second-order valence-electron chi connectivity index (χ2n) is 6.05. The molecule has 1 atom stereocenters. The summed E-state index contributed by atoms with van der Waals surface area (Å²) in [5.74, 6) is 0. The van der Waals surface area contributed by atoms with Crippen molar-refractivity contribution in [3.8, 4) is 0 Å². The third kappa shape index (κ3) is 4.15. The summed E-state index contributed by atoms with van der Waals surface area (Å²) in [4.78, 5) is 4.25. The monoisotopic (exact) mass is 336 g/mol. The van der Waals surface area contributed by atoms with Crippen molar-refractivity contribution < 1.29 is 0 Å². The van der Waals surface area contributed by atoms with E-state index in [0.717, 1.165) is 18.8 Å². The summed E-state index contributed by atoms with van der Waals surface area (Å²) in [6, 6.07) is 18.7. The van der Waals surface area contributed by atoms with Crippen molar-refractivity contribution >= 4 is 17.7 Å². The minimum atomic E-state index is -0.176. The van der Waals surface area contributed by atoms with E-state index in [9.17, 15) is 0 Å². The molecular formula is C19H24N6. The molecule has 0 amide bonds. The molecule has 130 valence electrons. The lowest BCUT2D eigenvalue weighted by Crippen LogP contribution is -2.32. The molecular weight excluding hydrogens is 312 g/mol. The lowest BCUT2D eigenvalue weighted by Gasteiger charge is -2.23. The molecule has 1 aliphatic rings. The van der Waals surface area contributed by atoms with Crippen LogP contribution in [-0.4, -0.2) is 43.2 Å². The zero-order chi connectivity index (χ0) is 17.6. The van der Waals surface area contributed by atoms with Crippen molar-refractivity contribution in [2.45, 2.75) is 19.8 Å². The van der Waals surface area contributed by atoms with Gasteiger partial charge in [0.05, 0.1) is 5.69 Å². The van der Waals surface area contributed by atoms with Gasteiger partial charge in [-0.15, -0.1) is 5.11 Å². The quantitative estimate of drug-likeness (QED) is 0.752. The molecule has 6 heteroatoms. The smallest absolute Gasteiger partial charge is 0.233 e. The highest BCUT2D eigenvalue weighted by atomic mass is 15.6. The average molecular weight is 336 g/mol. The largest absolute Gasteiger partial charge is 0.367 e. The fourth-order valence-electron chi connectivity index (χ4n) is 2.74. The van der Waals surface area contributed by atoms with Crippen molar-refractivity contribution in [2.24, 2.45) is 15.3 Å². The van der Waals surface area contributed by atoms with Gasteiger partial charge in [0, 0.05) is 32.9 Å². The molecule has 0 fully saturated rings. The molecule has 6 nitrogen and oxygen atoms in total. The first-order valence-corrected chi connectivity index (χ1v) is 8.46. The molecule has 1 heterocycles. The van der Waals surface area contributed by atoms with Gasteiger partial charge < -0.3 is 9.80 Å². The fourth-order valence-corrected chi connectivity index (χ4v) is 2.74. The van der Waals surface area contributed by atoms with Crippen molar-refractivity contribution in [3.05, 3.63) is 60.2 Å². The van der Waals surface area contributed by atoms with Crippen molar-refractivity contribution in [2.75, 3.05) is 25.5 Å². The van der Waals surface area contributed by atoms with Crippen molar-refractivity contribution in [3.63, 3.8) is 0 Å². The molecule has 0 spiro atoms. The second-order valence-corrected chi connectivity index (χ2v) is 6.05. The summed E-state index contributed by atoms with van der Waals surface area (Å²) < 4.78 is 0. The van der Waals surface area contributed by atoms with Crippen LogP contribution in [0.5, 0.6) is 0 Å². The van der Waals surface area contributed by atoms with E-state index in [-0.39, 0.29) is 6.29 Å². The zero-order valence-electron chi connectivity index (χ0n) is 14.9. The Bertz CT molecular complexity index is 713. The molecule has 0 N–H and O–H groups in total. The SMILES string of the molecule is CCN(Cc1ccccc1)c1ccc(N=NC2N(C)C=NN2C)cc1. The van der Waals surface area contributed by atoms with Gasteiger partial charge in [-0.25, -0.2) is 0 Å². The highest BCUT2D eigenvalue weighted by molar-refractivity contribution is 5.56. The number of anilines is 1. The molecule has 25 heavy (non-hydrogen) atoms. The Hall–Kier alpha value is -2.89. The Morgan fingerprint density at radius 1 is 1.04 bits per heavy atom. The molecule has 0 saturated carbocycles. The maximum atomic E-state index is 4.36. The predicted molar refractivity (Wildman–Crippen MR) is 102 cm³/mol. The summed E-state index contributed by atoms with van der Waals surface area (Å²) in [7, 11) is 3.82. The second kappa shape index (κ2) is 7.79. The van der Waals surface area contributed by atoms with Crippen LogP contribution in [0.2, 0.25) is 0 Å². The number of hydrazone groups is 1. The van der Waals surface area contributed by atoms with E-state index in [1.165, 1.54) is 11.3 Å². The molecule has 0 radical (unpaired) electrons. The van der Waals surface area contributed by atoms with Crippen LogP contribution in [0.15, 0.2) is 69.9 Å². The van der Waals surface area contributed by atoms with Gasteiger partial charge in [-0.2, -0.15) is 10.2 Å². The van der Waals surface area contributed by atoms with Crippen LogP contribution in [0.1, 0.15) is 12.5 Å². The summed E-state index contributed by atoms with van der Waals surface area (Å²) in [6.45, 7) is 4.01. The first-order chi connectivity index (χ1) is 12.2. The zero-order valence-corrected chi connectivity index (χ0v) is 14.9. The summed E-state index contributed by atoms with van der Waals surface area (Å²) >= 11 is 0. The maximum Gasteiger partial charge on any atom is 0.233 e. The third-order valence-electron chi connectivity index (χ3n) is 4.20. The average Bonchev–Trinajstić information content (AvgIpc) is 2.97. The van der Waals surface area contributed by atoms with Gasteiger partial charge in [-0.1, -0.05) is 30.3 Å². The van der Waals surface area contributed by atoms with E-state index in [4.69, 9.17) is 0 Å². The summed E-state index contributed by atoms with van der Waals surface area (Å²) in [6.07, 6.45) is 1.57. The van der Waals surface area contributed by atoms with Crippen molar-refractivity contribution in [1.82, 2.24) is 9.91 Å². The number of benzene rings is 2. The number of hydrogen-bond acceptors (Lipinski definition) is 6. The highest BCUT2D eigenvalue weighted by Crippen LogP contribution is 2.22. The minimum absolute atomic E-state index is 0.176. The van der Waals surface area contributed by atoms with Crippen LogP contribution >= 0.6 is 0 Å². The third-order valence-corrected chi connectivity index (χ3v) is 4.20. The van der Waals surface area contributed by atoms with Crippen molar-refractivity contribution in [1.29, 1.82) is 0 Å². The van der Waals surface area contributed by atoms with Gasteiger partial charge in [0.25, 0.3) is 0 Å². The van der Waals surface area contributed by atoms with Gasteiger partial charge in [-0.3, -0.25) is 5.01 Å². The van der Waals surface area contributed by atoms with Gasteiger partial charge >= 0.3 is 0 Å². The molecule has 0 saturated heterocycles. The molecule has 0 bridgehead atoms. The van der Waals surface area contributed by atoms with E-state index in [0.29, 0.717) is 0 Å². The topological polar surface area (TPSA) is 46.8 Å². The van der Waals surface area contributed by atoms with Gasteiger partial charge in [0.15, 0.2) is 0 Å². The number of azo groups is 1. The molecule has 2 aromatic rings. The number of rotatable bonds is 6. The van der Waals surface area contributed by atoms with E-state index < -0.39 is 0 Å². The molecule has 2 aromatic carbocycles. The molecule has 1 unspecified atom stereocenters. The minimum Gasteiger partial charge on any atom is -0.367 e. The van der Waals surface area contributed by atoms with E-state index in [1.807, 2.05) is 37.2 Å². The predicted octanol–water partition coefficient (Wildman–Crippen LogP) is 3.90. The standard InChI is InChI=1S/C19H24N6/c1-4-25(14-16-8-6-5-7-9-16)18-12-10-17(11-13-18)21-22-19-23(2)15-20-24(19)3/h5-13,15,19H,4,14H2,1-3H3. The molecule has 1 aliphatic heterocycles. The first kappa shape index (κ1) is 17.0. The summed E-state index contributed by atoms with van der Waals surface area (Å²) in [5, 5.41) is 14.6. The molecule has 3 rings (SSSR count). The fraction of sp³-hybridized carbons (Fsp3) is 0.316. The van der Waals surface area contributed by atoms with Crippen LogP contribution in [0, 0.1) is 0 Å². The van der Waals surface area contributed by atoms with Gasteiger partial charge in [0.1, 0.15) is 6.34 Å². The normalized spacial score (nSPS) is 16.8. The van der Waals surface area contributed by atoms with Crippen LogP contribution in [-0.2, 0) is 6.54 Å². The molecule has 0 aliphatic carbocycles. The van der Waals surface area contributed by atoms with E-state index in [2.05, 4.69) is 63.6 Å². The van der Waals surface area contributed by atoms with Crippen LogP contribution in [0.25, 0.3) is 0 Å². The first-order valence-electron chi connectivity index (χ1n) is 8.46. The maximum absolute atomic E-state index is 4.36. The molecule has 0 aromatic heterocycles. The number of hydrogen-bond donors (Lipinski definition) is 0. The Kier molecular flexibility index (Phi) is 5.28. The highest BCUT2D eigenvalue weighted by Gasteiger charge is 2.20. The number of nitrogens with zero attached hydrogens (tertiary/aromatic N) is 6. The Balaban J connectivity index is 1.66. The lowest BCUT2D eigenvalue weighted by atomic mass is 10.2. The Morgan fingerprint density at radius 2 is 1.76 bits per heavy atom. The van der Waals surface area contributed by atoms with Gasteiger partial charge in [0.2, 0.25) is 6.29 Å². The van der Waals surface area contributed by atoms with E-state index >= 15 is 0 Å². The van der Waals surface area contributed by atoms with Gasteiger partial charge in [-0.05, 0) is 36.8 Å². The van der Waals surface area contributed by atoms with E-state index in [1.54, 1.807) is 11.3 Å². The summed E-state index contributed by atoms with van der Waals surface area (Å²) in [5.41, 5.74) is 3.33. The van der Waals surface area contributed by atoms with Crippen LogP contribution in [0.4, 0.5) is 11.4 Å². The van der Waals surface area contributed by atoms with Crippen LogP contribution < -0.4 is 4.90 Å². The lowest BCUT2D eigenvalue weighted by molar-refractivity contribution is 0.183. The Morgan fingerprint density at radius 3 is 2.36 bits per heavy atom. The Labute approximate surface area is 149 Å². The van der Waals surface area contributed by atoms with Crippen LogP contribution in [0.3, 0.4) is 0 Å².